The van der Waals surface area contributed by atoms with E-state index in [2.05, 4.69) is 20.3 Å². The smallest absolute Gasteiger partial charge is 0.416 e. The Balaban J connectivity index is 1.59. The monoisotopic (exact) mass is 474 g/mol. The van der Waals surface area contributed by atoms with E-state index in [0.29, 0.717) is 33.6 Å². The molecule has 170 valence electrons. The topological polar surface area (TPSA) is 96.7 Å². The number of para-hydroxylation sites is 1. The summed E-state index contributed by atoms with van der Waals surface area (Å²) in [5.74, 6) is 0.525. The number of rotatable bonds is 4. The van der Waals surface area contributed by atoms with Gasteiger partial charge in [-0.25, -0.2) is 15.0 Å². The molecule has 0 spiro atoms. The molecule has 7 nitrogen and oxygen atoms in total. The van der Waals surface area contributed by atoms with Crippen molar-refractivity contribution in [3.63, 3.8) is 0 Å². The van der Waals surface area contributed by atoms with Gasteiger partial charge in [0, 0.05) is 17.4 Å². The predicted octanol–water partition coefficient (Wildman–Crippen LogP) is 4.69. The molecule has 0 aliphatic carbocycles. The maximum Gasteiger partial charge on any atom is 0.416 e. The van der Waals surface area contributed by atoms with Crippen molar-refractivity contribution in [2.75, 3.05) is 0 Å². The van der Waals surface area contributed by atoms with Crippen LogP contribution in [0.1, 0.15) is 18.1 Å². The normalized spacial score (nSPS) is 14.2. The van der Waals surface area contributed by atoms with Gasteiger partial charge in [0.1, 0.15) is 18.1 Å². The maximum atomic E-state index is 12.8. The van der Waals surface area contributed by atoms with Crippen molar-refractivity contribution in [1.29, 1.82) is 0 Å². The van der Waals surface area contributed by atoms with Crippen molar-refractivity contribution >= 4 is 28.5 Å². The van der Waals surface area contributed by atoms with E-state index in [-0.39, 0.29) is 5.88 Å². The minimum atomic E-state index is -4.42. The molecule has 11 heteroatoms. The van der Waals surface area contributed by atoms with Crippen LogP contribution in [0, 0.1) is 0 Å². The van der Waals surface area contributed by atoms with Gasteiger partial charge in [-0.15, -0.1) is 0 Å². The number of benzene rings is 2. The number of halogens is 3. The average molecular weight is 474 g/mol. The molecule has 0 bridgehead atoms. The van der Waals surface area contributed by atoms with Crippen LogP contribution in [-0.2, 0) is 16.7 Å². The summed E-state index contributed by atoms with van der Waals surface area (Å²) >= 11 is 1.31. The standard InChI is InChI=1S/C22H17F3N4O3S/c1-12(30)20(31)29-21-28-19-14(10-33-21)3-2-4-17(19)32-18-9-16(26-11-27-18)13-5-7-15(8-6-13)22(23,24)25/h2-9,11-12,30H,10H2,1H3,(H,28,29,31). The molecule has 1 amide bonds. The summed E-state index contributed by atoms with van der Waals surface area (Å²) < 4.78 is 44.3. The number of thioether (sulfide) groups is 1. The number of nitrogens with zero attached hydrogens (tertiary/aromatic N) is 3. The van der Waals surface area contributed by atoms with Crippen LogP contribution in [0.2, 0.25) is 0 Å². The summed E-state index contributed by atoms with van der Waals surface area (Å²) in [4.78, 5) is 24.4. The van der Waals surface area contributed by atoms with Gasteiger partial charge in [0.2, 0.25) is 5.88 Å². The second-order valence-corrected chi connectivity index (χ2v) is 8.02. The second kappa shape index (κ2) is 9.20. The van der Waals surface area contributed by atoms with Crippen LogP contribution in [0.4, 0.5) is 18.9 Å². The fraction of sp³-hybridized carbons (Fsp3) is 0.182. The molecule has 1 aliphatic rings. The van der Waals surface area contributed by atoms with Crippen molar-refractivity contribution in [2.24, 2.45) is 4.99 Å². The summed E-state index contributed by atoms with van der Waals surface area (Å²) in [5, 5.41) is 12.3. The molecule has 1 aromatic heterocycles. The summed E-state index contributed by atoms with van der Waals surface area (Å²) in [6.07, 6.45) is -4.34. The molecule has 3 aromatic rings. The highest BCUT2D eigenvalue weighted by Crippen LogP contribution is 2.40. The van der Waals surface area contributed by atoms with Crippen molar-refractivity contribution in [3.8, 4) is 22.9 Å². The number of ether oxygens (including phenoxy) is 1. The van der Waals surface area contributed by atoms with E-state index < -0.39 is 23.8 Å². The van der Waals surface area contributed by atoms with Gasteiger partial charge in [-0.3, -0.25) is 4.79 Å². The lowest BCUT2D eigenvalue weighted by Crippen LogP contribution is -2.36. The Kier molecular flexibility index (Phi) is 6.34. The first-order valence-corrected chi connectivity index (χ1v) is 10.7. The van der Waals surface area contributed by atoms with Crippen molar-refractivity contribution in [1.82, 2.24) is 15.3 Å². The Bertz CT molecular complexity index is 1210. The van der Waals surface area contributed by atoms with Crippen LogP contribution in [0.15, 0.2) is 59.9 Å². The first kappa shape index (κ1) is 22.7. The number of hydrogen-bond donors (Lipinski definition) is 2. The van der Waals surface area contributed by atoms with Gasteiger partial charge in [-0.05, 0) is 30.7 Å². The summed E-state index contributed by atoms with van der Waals surface area (Å²) in [6, 6.07) is 11.5. The minimum absolute atomic E-state index is 0.177. The lowest BCUT2D eigenvalue weighted by molar-refractivity contribution is -0.137. The summed E-state index contributed by atoms with van der Waals surface area (Å²) in [7, 11) is 0. The maximum absolute atomic E-state index is 12.8. The average Bonchev–Trinajstić information content (AvgIpc) is 2.79. The minimum Gasteiger partial charge on any atom is -0.437 e. The van der Waals surface area contributed by atoms with Crippen molar-refractivity contribution in [2.45, 2.75) is 25.0 Å². The number of aliphatic hydroxyl groups excluding tert-OH is 1. The Morgan fingerprint density at radius 2 is 1.94 bits per heavy atom. The molecule has 2 aromatic carbocycles. The van der Waals surface area contributed by atoms with Gasteiger partial charge in [0.05, 0.1) is 11.3 Å². The van der Waals surface area contributed by atoms with Gasteiger partial charge >= 0.3 is 6.18 Å². The number of aliphatic hydroxyl groups is 1. The molecule has 0 radical (unpaired) electrons. The fourth-order valence-corrected chi connectivity index (χ4v) is 3.80. The molecule has 1 atom stereocenters. The fourth-order valence-electron chi connectivity index (χ4n) is 2.94. The molecule has 0 saturated carbocycles. The van der Waals surface area contributed by atoms with E-state index in [9.17, 15) is 23.1 Å². The van der Waals surface area contributed by atoms with E-state index in [4.69, 9.17) is 4.74 Å². The number of fused-ring (bicyclic) bond motifs is 1. The van der Waals surface area contributed by atoms with Gasteiger partial charge in [0.15, 0.2) is 10.9 Å². The lowest BCUT2D eigenvalue weighted by Gasteiger charge is -2.18. The van der Waals surface area contributed by atoms with Crippen LogP contribution in [0.3, 0.4) is 0 Å². The van der Waals surface area contributed by atoms with Gasteiger partial charge in [0.25, 0.3) is 5.91 Å². The first-order valence-electron chi connectivity index (χ1n) is 9.70. The third-order valence-electron chi connectivity index (χ3n) is 4.63. The number of alkyl halides is 3. The zero-order valence-corrected chi connectivity index (χ0v) is 17.9. The highest BCUT2D eigenvalue weighted by atomic mass is 32.2. The Labute approximate surface area is 190 Å². The molecule has 1 unspecified atom stereocenters. The molecular weight excluding hydrogens is 457 g/mol. The number of carbonyl (C=O) groups is 1. The Hall–Kier alpha value is -3.44. The first-order chi connectivity index (χ1) is 15.7. The summed E-state index contributed by atoms with van der Waals surface area (Å²) in [6.45, 7) is 1.36. The Morgan fingerprint density at radius 1 is 1.18 bits per heavy atom. The SMILES string of the molecule is CC(O)C(=O)NC1=Nc2c(cccc2Oc2cc(-c3ccc(C(F)(F)F)cc3)ncn2)CS1. The second-order valence-electron chi connectivity index (χ2n) is 7.05. The van der Waals surface area contributed by atoms with Gasteiger partial charge < -0.3 is 15.2 Å². The molecule has 4 rings (SSSR count). The van der Waals surface area contributed by atoms with Crippen molar-refractivity contribution < 1.29 is 27.8 Å². The summed E-state index contributed by atoms with van der Waals surface area (Å²) in [5.41, 5.74) is 1.50. The number of nitrogens with one attached hydrogen (secondary N) is 1. The van der Waals surface area contributed by atoms with Crippen LogP contribution in [0.5, 0.6) is 11.6 Å². The highest BCUT2D eigenvalue weighted by molar-refractivity contribution is 8.13. The van der Waals surface area contributed by atoms with Crippen molar-refractivity contribution in [3.05, 3.63) is 66.0 Å². The highest BCUT2D eigenvalue weighted by Gasteiger charge is 2.30. The van der Waals surface area contributed by atoms with E-state index in [1.54, 1.807) is 12.1 Å². The van der Waals surface area contributed by atoms with Gasteiger partial charge in [-0.2, -0.15) is 13.2 Å². The van der Waals surface area contributed by atoms with Crippen LogP contribution < -0.4 is 10.1 Å². The molecule has 2 N–H and O–H groups in total. The quantitative estimate of drug-likeness (QED) is 0.570. The molecule has 33 heavy (non-hydrogen) atoms. The predicted molar refractivity (Wildman–Crippen MR) is 117 cm³/mol. The number of hydrogen-bond acceptors (Lipinski definition) is 7. The third kappa shape index (κ3) is 5.32. The zero-order chi connectivity index (χ0) is 23.6. The number of aliphatic imine (C=N–C) groups is 1. The number of amides is 1. The zero-order valence-electron chi connectivity index (χ0n) is 17.1. The molecule has 0 saturated heterocycles. The number of carbonyl (C=O) groups excluding carboxylic acids is 1. The third-order valence-corrected chi connectivity index (χ3v) is 5.56. The molecule has 2 heterocycles. The van der Waals surface area contributed by atoms with Crippen LogP contribution in [0.25, 0.3) is 11.3 Å². The van der Waals surface area contributed by atoms with Crippen LogP contribution in [-0.4, -0.2) is 32.3 Å². The van der Waals surface area contributed by atoms with E-state index >= 15 is 0 Å². The van der Waals surface area contributed by atoms with Gasteiger partial charge in [-0.1, -0.05) is 36.0 Å². The largest absolute Gasteiger partial charge is 0.437 e. The van der Waals surface area contributed by atoms with E-state index in [1.807, 2.05) is 6.07 Å². The number of aromatic nitrogens is 2. The molecular formula is C22H17F3N4O3S. The van der Waals surface area contributed by atoms with Crippen LogP contribution >= 0.6 is 11.8 Å². The van der Waals surface area contributed by atoms with E-state index in [1.165, 1.54) is 43.2 Å². The number of amidine groups is 1. The van der Waals surface area contributed by atoms with E-state index in [0.717, 1.165) is 17.7 Å². The Morgan fingerprint density at radius 3 is 2.64 bits per heavy atom. The molecule has 1 aliphatic heterocycles. The lowest BCUT2D eigenvalue weighted by atomic mass is 10.1. The molecule has 0 fully saturated rings.